The first-order valence-electron chi connectivity index (χ1n) is 5.72. The molecule has 1 aromatic heterocycles. The zero-order valence-electron chi connectivity index (χ0n) is 9.85. The van der Waals surface area contributed by atoms with Crippen molar-refractivity contribution < 1.29 is 4.79 Å². The van der Waals surface area contributed by atoms with E-state index >= 15 is 0 Å². The van der Waals surface area contributed by atoms with Crippen molar-refractivity contribution in [2.45, 2.75) is 0 Å². The topological polar surface area (TPSA) is 57.8 Å². The van der Waals surface area contributed by atoms with E-state index in [0.29, 0.717) is 5.56 Å². The number of imidazole rings is 1. The van der Waals surface area contributed by atoms with Gasteiger partial charge in [-0.15, -0.1) is 0 Å². The fourth-order valence-electron chi connectivity index (χ4n) is 1.85. The van der Waals surface area contributed by atoms with Gasteiger partial charge in [0.15, 0.2) is 0 Å². The number of fused-ring (bicyclic) bond motifs is 1. The van der Waals surface area contributed by atoms with Crippen LogP contribution in [0.3, 0.4) is 0 Å². The quantitative estimate of drug-likeness (QED) is 0.686. The molecule has 0 spiro atoms. The number of rotatable bonds is 2. The molecule has 0 aliphatic rings. The van der Waals surface area contributed by atoms with Crippen LogP contribution in [0.2, 0.25) is 0 Å². The molecule has 0 unspecified atom stereocenters. The molecule has 0 atom stereocenters. The molecule has 0 aliphatic heterocycles. The van der Waals surface area contributed by atoms with E-state index in [1.54, 1.807) is 18.5 Å². The molecule has 3 rings (SSSR count). The van der Waals surface area contributed by atoms with Crippen LogP contribution < -0.4 is 5.32 Å². The van der Waals surface area contributed by atoms with Crippen LogP contribution in [0.4, 0.5) is 5.69 Å². The molecule has 3 aromatic rings. The summed E-state index contributed by atoms with van der Waals surface area (Å²) in [4.78, 5) is 19.3. The molecular weight excluding hydrogens is 353 g/mol. The SMILES string of the molecule is O=C(Nc1cccc(I)c1)c1ccc2nc[nH]c2c1. The summed E-state index contributed by atoms with van der Waals surface area (Å²) in [5.41, 5.74) is 3.11. The largest absolute Gasteiger partial charge is 0.345 e. The summed E-state index contributed by atoms with van der Waals surface area (Å²) in [6.45, 7) is 0. The number of halogens is 1. The maximum absolute atomic E-state index is 12.1. The van der Waals surface area contributed by atoms with Crippen LogP contribution in [-0.4, -0.2) is 15.9 Å². The van der Waals surface area contributed by atoms with Gasteiger partial charge in [0, 0.05) is 14.8 Å². The molecule has 0 radical (unpaired) electrons. The van der Waals surface area contributed by atoms with Crippen molar-refractivity contribution in [2.75, 3.05) is 5.32 Å². The molecule has 0 fully saturated rings. The lowest BCUT2D eigenvalue weighted by Gasteiger charge is -2.05. The van der Waals surface area contributed by atoms with Crippen LogP contribution >= 0.6 is 22.6 Å². The Morgan fingerprint density at radius 3 is 2.95 bits per heavy atom. The zero-order chi connectivity index (χ0) is 13.2. The van der Waals surface area contributed by atoms with Gasteiger partial charge < -0.3 is 10.3 Å². The first-order chi connectivity index (χ1) is 9.22. The number of nitrogens with one attached hydrogen (secondary N) is 2. The highest BCUT2D eigenvalue weighted by atomic mass is 127. The normalized spacial score (nSPS) is 10.6. The van der Waals surface area contributed by atoms with Crippen molar-refractivity contribution in [2.24, 2.45) is 0 Å². The van der Waals surface area contributed by atoms with Crippen LogP contribution in [-0.2, 0) is 0 Å². The Labute approximate surface area is 123 Å². The van der Waals surface area contributed by atoms with Gasteiger partial charge in [-0.05, 0) is 59.0 Å². The summed E-state index contributed by atoms with van der Waals surface area (Å²) in [5.74, 6) is -0.126. The van der Waals surface area contributed by atoms with E-state index < -0.39 is 0 Å². The monoisotopic (exact) mass is 363 g/mol. The minimum absolute atomic E-state index is 0.126. The van der Waals surface area contributed by atoms with Gasteiger partial charge in [-0.2, -0.15) is 0 Å². The van der Waals surface area contributed by atoms with Crippen LogP contribution in [0.1, 0.15) is 10.4 Å². The van der Waals surface area contributed by atoms with Gasteiger partial charge in [-0.3, -0.25) is 4.79 Å². The standard InChI is InChI=1S/C14H10IN3O/c15-10-2-1-3-11(7-10)18-14(19)9-4-5-12-13(6-9)17-8-16-12/h1-8H,(H,16,17)(H,18,19). The Balaban J connectivity index is 1.87. The number of carbonyl (C=O) groups excluding carboxylic acids is 1. The van der Waals surface area contributed by atoms with E-state index in [-0.39, 0.29) is 5.91 Å². The van der Waals surface area contributed by atoms with E-state index in [9.17, 15) is 4.79 Å². The van der Waals surface area contributed by atoms with Crippen molar-refractivity contribution >= 4 is 45.2 Å². The second-order valence-corrected chi connectivity index (χ2v) is 5.34. The second kappa shape index (κ2) is 5.00. The number of carbonyl (C=O) groups is 1. The Morgan fingerprint density at radius 1 is 1.21 bits per heavy atom. The molecule has 5 heteroatoms. The minimum atomic E-state index is -0.126. The number of H-pyrrole nitrogens is 1. The number of benzene rings is 2. The average Bonchev–Trinajstić information content (AvgIpc) is 2.85. The summed E-state index contributed by atoms with van der Waals surface area (Å²) < 4.78 is 1.08. The van der Waals surface area contributed by atoms with Gasteiger partial charge in [0.2, 0.25) is 0 Å². The predicted octanol–water partition coefficient (Wildman–Crippen LogP) is 3.42. The Kier molecular flexibility index (Phi) is 3.20. The number of nitrogens with zero attached hydrogens (tertiary/aromatic N) is 1. The van der Waals surface area contributed by atoms with E-state index in [0.717, 1.165) is 20.3 Å². The van der Waals surface area contributed by atoms with E-state index in [4.69, 9.17) is 0 Å². The first-order valence-corrected chi connectivity index (χ1v) is 6.80. The van der Waals surface area contributed by atoms with Gasteiger partial charge in [0.05, 0.1) is 17.4 Å². The molecular formula is C14H10IN3O. The average molecular weight is 363 g/mol. The third-order valence-electron chi connectivity index (χ3n) is 2.76. The molecule has 94 valence electrons. The third kappa shape index (κ3) is 2.60. The lowest BCUT2D eigenvalue weighted by atomic mass is 10.2. The fourth-order valence-corrected chi connectivity index (χ4v) is 2.39. The number of amides is 1. The lowest BCUT2D eigenvalue weighted by Crippen LogP contribution is -2.11. The zero-order valence-corrected chi connectivity index (χ0v) is 12.0. The summed E-state index contributed by atoms with van der Waals surface area (Å²) in [6, 6.07) is 13.1. The van der Waals surface area contributed by atoms with Gasteiger partial charge in [-0.1, -0.05) is 6.07 Å². The predicted molar refractivity (Wildman–Crippen MR) is 83.2 cm³/mol. The number of hydrogen-bond donors (Lipinski definition) is 2. The molecule has 2 N–H and O–H groups in total. The summed E-state index contributed by atoms with van der Waals surface area (Å²) in [7, 11) is 0. The van der Waals surface area contributed by atoms with Crippen molar-refractivity contribution in [1.29, 1.82) is 0 Å². The first kappa shape index (κ1) is 12.2. The van der Waals surface area contributed by atoms with Crippen LogP contribution in [0.15, 0.2) is 48.8 Å². The van der Waals surface area contributed by atoms with Crippen LogP contribution in [0, 0.1) is 3.57 Å². The molecule has 0 bridgehead atoms. The number of hydrogen-bond acceptors (Lipinski definition) is 2. The molecule has 19 heavy (non-hydrogen) atoms. The smallest absolute Gasteiger partial charge is 0.255 e. The molecule has 1 heterocycles. The third-order valence-corrected chi connectivity index (χ3v) is 3.44. The maximum Gasteiger partial charge on any atom is 0.255 e. The Morgan fingerprint density at radius 2 is 2.11 bits per heavy atom. The Hall–Kier alpha value is -1.89. The molecule has 0 saturated carbocycles. The van der Waals surface area contributed by atoms with Crippen molar-refractivity contribution in [1.82, 2.24) is 9.97 Å². The second-order valence-electron chi connectivity index (χ2n) is 4.10. The number of aromatic amines is 1. The minimum Gasteiger partial charge on any atom is -0.345 e. The fraction of sp³-hybridized carbons (Fsp3) is 0. The van der Waals surface area contributed by atoms with Crippen LogP contribution in [0.25, 0.3) is 11.0 Å². The Bertz CT molecular complexity index is 751. The highest BCUT2D eigenvalue weighted by Crippen LogP contribution is 2.16. The molecule has 1 amide bonds. The molecule has 2 aromatic carbocycles. The molecule has 0 aliphatic carbocycles. The molecule has 0 saturated heterocycles. The van der Waals surface area contributed by atoms with E-state index in [1.165, 1.54) is 0 Å². The van der Waals surface area contributed by atoms with E-state index in [2.05, 4.69) is 37.9 Å². The van der Waals surface area contributed by atoms with Crippen molar-refractivity contribution in [3.63, 3.8) is 0 Å². The summed E-state index contributed by atoms with van der Waals surface area (Å²) in [5, 5.41) is 2.88. The summed E-state index contributed by atoms with van der Waals surface area (Å²) >= 11 is 2.21. The lowest BCUT2D eigenvalue weighted by molar-refractivity contribution is 0.102. The van der Waals surface area contributed by atoms with Gasteiger partial charge in [-0.25, -0.2) is 4.98 Å². The van der Waals surface area contributed by atoms with Gasteiger partial charge >= 0.3 is 0 Å². The highest BCUT2D eigenvalue weighted by Gasteiger charge is 2.07. The van der Waals surface area contributed by atoms with Gasteiger partial charge in [0.1, 0.15) is 0 Å². The van der Waals surface area contributed by atoms with Crippen LogP contribution in [0.5, 0.6) is 0 Å². The maximum atomic E-state index is 12.1. The molecule has 4 nitrogen and oxygen atoms in total. The number of aromatic nitrogens is 2. The summed E-state index contributed by atoms with van der Waals surface area (Å²) in [6.07, 6.45) is 1.62. The van der Waals surface area contributed by atoms with E-state index in [1.807, 2.05) is 30.3 Å². The van der Waals surface area contributed by atoms with Crippen molar-refractivity contribution in [3.05, 3.63) is 57.9 Å². The van der Waals surface area contributed by atoms with Gasteiger partial charge in [0.25, 0.3) is 5.91 Å². The highest BCUT2D eigenvalue weighted by molar-refractivity contribution is 14.1. The van der Waals surface area contributed by atoms with Crippen molar-refractivity contribution in [3.8, 4) is 0 Å². The number of anilines is 1.